The van der Waals surface area contributed by atoms with E-state index < -0.39 is 6.10 Å². The van der Waals surface area contributed by atoms with Crippen molar-refractivity contribution < 1.29 is 24.2 Å². The maximum absolute atomic E-state index is 11.6. The van der Waals surface area contributed by atoms with Crippen LogP contribution in [0.15, 0.2) is 11.6 Å². The summed E-state index contributed by atoms with van der Waals surface area (Å²) in [4.78, 5) is 23.1. The van der Waals surface area contributed by atoms with Crippen molar-refractivity contribution in [2.75, 3.05) is 0 Å². The first-order valence-electron chi connectivity index (χ1n) is 11.8. The Labute approximate surface area is 176 Å². The van der Waals surface area contributed by atoms with Gasteiger partial charge in [-0.2, -0.15) is 0 Å². The lowest BCUT2D eigenvalue weighted by Gasteiger charge is -2.11. The van der Waals surface area contributed by atoms with E-state index in [4.69, 9.17) is 9.47 Å². The normalized spacial score (nSPS) is 26.5. The molecule has 0 aliphatic carbocycles. The van der Waals surface area contributed by atoms with Crippen molar-refractivity contribution in [1.29, 1.82) is 0 Å². The summed E-state index contributed by atoms with van der Waals surface area (Å²) in [5, 5.41) is 9.92. The lowest BCUT2D eigenvalue weighted by molar-refractivity contribution is -0.144. The molecule has 0 bridgehead atoms. The number of carbonyl (C=O) groups excluding carboxylic acids is 2. The highest BCUT2D eigenvalue weighted by molar-refractivity contribution is 5.90. The molecule has 0 saturated carbocycles. The number of unbranched alkanes of at least 4 members (excludes halogenated alkanes) is 11. The number of esters is 2. The first-order valence-corrected chi connectivity index (χ1v) is 11.8. The van der Waals surface area contributed by atoms with Crippen molar-refractivity contribution >= 4 is 11.9 Å². The summed E-state index contributed by atoms with van der Waals surface area (Å²) in [6.07, 6.45) is 17.2. The fraction of sp³-hybridized carbons (Fsp3) is 0.833. The van der Waals surface area contributed by atoms with Crippen LogP contribution in [0.2, 0.25) is 0 Å². The number of ether oxygens (including phenoxy) is 2. The SMILES string of the molecule is C[C@@H]1OC(=O)[C@H](CCCCCCCCCCCCCCC2=C[C@H](C)OC2=O)[C@@H]1O. The van der Waals surface area contributed by atoms with Crippen LogP contribution < -0.4 is 0 Å². The molecule has 166 valence electrons. The van der Waals surface area contributed by atoms with Gasteiger partial charge in [-0.05, 0) is 39.2 Å². The lowest BCUT2D eigenvalue weighted by atomic mass is 9.95. The molecule has 0 amide bonds. The van der Waals surface area contributed by atoms with Gasteiger partial charge in [0.05, 0.1) is 5.92 Å². The van der Waals surface area contributed by atoms with E-state index in [0.717, 1.165) is 37.7 Å². The van der Waals surface area contributed by atoms with E-state index in [0.29, 0.717) is 0 Å². The van der Waals surface area contributed by atoms with Crippen LogP contribution in [0.25, 0.3) is 0 Å². The van der Waals surface area contributed by atoms with Gasteiger partial charge in [-0.3, -0.25) is 4.79 Å². The maximum atomic E-state index is 11.6. The van der Waals surface area contributed by atoms with E-state index in [-0.39, 0.29) is 30.1 Å². The largest absolute Gasteiger partial charge is 0.460 e. The van der Waals surface area contributed by atoms with Crippen LogP contribution in [0.4, 0.5) is 0 Å². The molecular formula is C24H40O5. The average Bonchev–Trinajstić information content (AvgIpc) is 3.13. The highest BCUT2D eigenvalue weighted by Crippen LogP contribution is 2.26. The molecule has 0 aromatic carbocycles. The summed E-state index contributed by atoms with van der Waals surface area (Å²) in [5.74, 6) is -0.652. The van der Waals surface area contributed by atoms with Gasteiger partial charge in [0.1, 0.15) is 18.3 Å². The first kappa shape index (κ1) is 23.9. The lowest BCUT2D eigenvalue weighted by Crippen LogP contribution is -2.24. The highest BCUT2D eigenvalue weighted by atomic mass is 16.6. The molecule has 0 unspecified atom stereocenters. The molecule has 2 heterocycles. The van der Waals surface area contributed by atoms with E-state index >= 15 is 0 Å². The predicted molar refractivity (Wildman–Crippen MR) is 113 cm³/mol. The highest BCUT2D eigenvalue weighted by Gasteiger charge is 2.40. The van der Waals surface area contributed by atoms with E-state index in [2.05, 4.69) is 0 Å². The minimum absolute atomic E-state index is 0.0414. The summed E-state index contributed by atoms with van der Waals surface area (Å²) < 4.78 is 10.2. The summed E-state index contributed by atoms with van der Waals surface area (Å²) in [6, 6.07) is 0. The number of hydrogen-bond acceptors (Lipinski definition) is 5. The van der Waals surface area contributed by atoms with E-state index in [1.807, 2.05) is 13.0 Å². The Morgan fingerprint density at radius 2 is 1.31 bits per heavy atom. The number of hydrogen-bond donors (Lipinski definition) is 1. The fourth-order valence-corrected chi connectivity index (χ4v) is 4.36. The Morgan fingerprint density at radius 1 is 0.793 bits per heavy atom. The average molecular weight is 409 g/mol. The van der Waals surface area contributed by atoms with E-state index in [1.54, 1.807) is 6.92 Å². The Balaban J connectivity index is 1.31. The third-order valence-electron chi connectivity index (χ3n) is 6.20. The van der Waals surface area contributed by atoms with E-state index in [1.165, 1.54) is 57.8 Å². The summed E-state index contributed by atoms with van der Waals surface area (Å²) in [6.45, 7) is 3.67. The zero-order valence-corrected chi connectivity index (χ0v) is 18.4. The van der Waals surface area contributed by atoms with Crippen molar-refractivity contribution in [2.24, 2.45) is 5.92 Å². The zero-order chi connectivity index (χ0) is 21.1. The third kappa shape index (κ3) is 8.49. The van der Waals surface area contributed by atoms with Gasteiger partial charge in [0.2, 0.25) is 0 Å². The van der Waals surface area contributed by atoms with Gasteiger partial charge in [0.15, 0.2) is 0 Å². The molecule has 0 radical (unpaired) electrons. The second-order valence-electron chi connectivity index (χ2n) is 8.82. The molecule has 0 aromatic heterocycles. The fourth-order valence-electron chi connectivity index (χ4n) is 4.36. The van der Waals surface area contributed by atoms with Crippen molar-refractivity contribution in [3.8, 4) is 0 Å². The van der Waals surface area contributed by atoms with Gasteiger partial charge in [-0.25, -0.2) is 4.79 Å². The van der Waals surface area contributed by atoms with Crippen molar-refractivity contribution in [3.63, 3.8) is 0 Å². The molecule has 2 aliphatic heterocycles. The number of cyclic esters (lactones) is 2. The predicted octanol–water partition coefficient (Wildman–Crippen LogP) is 5.24. The monoisotopic (exact) mass is 408 g/mol. The van der Waals surface area contributed by atoms with Crippen LogP contribution in [0.5, 0.6) is 0 Å². The number of aliphatic hydroxyl groups excluding tert-OH is 1. The summed E-state index contributed by atoms with van der Waals surface area (Å²) >= 11 is 0. The van der Waals surface area contributed by atoms with Crippen molar-refractivity contribution in [2.45, 2.75) is 122 Å². The zero-order valence-electron chi connectivity index (χ0n) is 18.4. The number of aliphatic hydroxyl groups is 1. The molecule has 5 nitrogen and oxygen atoms in total. The van der Waals surface area contributed by atoms with Gasteiger partial charge in [0, 0.05) is 5.57 Å². The molecule has 4 atom stereocenters. The molecule has 2 aliphatic rings. The topological polar surface area (TPSA) is 72.8 Å². The van der Waals surface area contributed by atoms with Crippen molar-refractivity contribution in [1.82, 2.24) is 0 Å². The Morgan fingerprint density at radius 3 is 1.76 bits per heavy atom. The molecule has 1 fully saturated rings. The smallest absolute Gasteiger partial charge is 0.334 e. The van der Waals surface area contributed by atoms with Crippen LogP contribution >= 0.6 is 0 Å². The first-order chi connectivity index (χ1) is 14.0. The number of carbonyl (C=O) groups is 2. The van der Waals surface area contributed by atoms with Crippen molar-refractivity contribution in [3.05, 3.63) is 11.6 Å². The molecule has 2 rings (SSSR count). The maximum Gasteiger partial charge on any atom is 0.334 e. The van der Waals surface area contributed by atoms with Gasteiger partial charge in [0.25, 0.3) is 0 Å². The van der Waals surface area contributed by atoms with Gasteiger partial charge in [-0.15, -0.1) is 0 Å². The minimum atomic E-state index is -0.623. The van der Waals surface area contributed by atoms with Gasteiger partial charge >= 0.3 is 11.9 Å². The molecular weight excluding hydrogens is 368 g/mol. The molecule has 5 heteroatoms. The van der Waals surface area contributed by atoms with Crippen LogP contribution in [0.1, 0.15) is 104 Å². The Kier molecular flexibility index (Phi) is 10.8. The number of rotatable bonds is 15. The standard InChI is InChI=1S/C24H40O5/c1-18-17-20(23(26)28-18)15-13-11-9-7-5-3-4-6-8-10-12-14-16-21-22(25)19(2)29-24(21)27/h17-19,21-22,25H,3-16H2,1-2H3/t18-,19-,21+,22+/m0/s1. The molecule has 0 spiro atoms. The van der Waals surface area contributed by atoms with Crippen LogP contribution in [0.3, 0.4) is 0 Å². The summed E-state index contributed by atoms with van der Waals surface area (Å²) in [5.41, 5.74) is 0.867. The molecule has 1 N–H and O–H groups in total. The third-order valence-corrected chi connectivity index (χ3v) is 6.20. The quantitative estimate of drug-likeness (QED) is 0.296. The van der Waals surface area contributed by atoms with Crippen LogP contribution in [0, 0.1) is 5.92 Å². The van der Waals surface area contributed by atoms with Gasteiger partial charge in [-0.1, -0.05) is 70.6 Å². The second-order valence-corrected chi connectivity index (χ2v) is 8.82. The molecule has 1 saturated heterocycles. The Hall–Kier alpha value is -1.36. The van der Waals surface area contributed by atoms with Gasteiger partial charge < -0.3 is 14.6 Å². The molecule has 0 aromatic rings. The van der Waals surface area contributed by atoms with Crippen LogP contribution in [-0.4, -0.2) is 35.4 Å². The van der Waals surface area contributed by atoms with Crippen LogP contribution in [-0.2, 0) is 19.1 Å². The Bertz CT molecular complexity index is 541. The van der Waals surface area contributed by atoms with E-state index in [9.17, 15) is 14.7 Å². The summed E-state index contributed by atoms with van der Waals surface area (Å²) in [7, 11) is 0. The minimum Gasteiger partial charge on any atom is -0.460 e. The molecule has 29 heavy (non-hydrogen) atoms. The second kappa shape index (κ2) is 13.0.